The first-order chi connectivity index (χ1) is 11.4. The van der Waals surface area contributed by atoms with Gasteiger partial charge in [0, 0.05) is 6.07 Å². The Morgan fingerprint density at radius 2 is 2.17 bits per heavy atom. The van der Waals surface area contributed by atoms with Crippen molar-refractivity contribution in [2.24, 2.45) is 5.92 Å². The smallest absolute Gasteiger partial charge is 0.314 e. The number of quaternary nitrogens is 1. The summed E-state index contributed by atoms with van der Waals surface area (Å²) in [4.78, 5) is 25.2. The lowest BCUT2D eigenvalue weighted by Gasteiger charge is -2.32. The number of esters is 1. The van der Waals surface area contributed by atoms with E-state index >= 15 is 0 Å². The zero-order valence-electron chi connectivity index (χ0n) is 13.9. The Labute approximate surface area is 140 Å². The van der Waals surface area contributed by atoms with E-state index in [4.69, 9.17) is 4.74 Å². The summed E-state index contributed by atoms with van der Waals surface area (Å²) in [6, 6.07) is 2.56. The lowest BCUT2D eigenvalue weighted by Crippen LogP contribution is -3.18. The van der Waals surface area contributed by atoms with Crippen LogP contribution < -0.4 is 10.2 Å². The fraction of sp³-hybridized carbons (Fsp3) is 0.529. The number of anilines is 1. The molecule has 1 fully saturated rings. The maximum atomic E-state index is 13.6. The van der Waals surface area contributed by atoms with E-state index in [-0.39, 0.29) is 23.5 Å². The molecule has 7 heteroatoms. The van der Waals surface area contributed by atoms with Gasteiger partial charge in [0.15, 0.2) is 6.04 Å². The van der Waals surface area contributed by atoms with Crippen LogP contribution in [-0.2, 0) is 14.3 Å². The third-order valence-corrected chi connectivity index (χ3v) is 4.37. The molecule has 1 aliphatic heterocycles. The predicted molar refractivity (Wildman–Crippen MR) is 84.5 cm³/mol. The number of hydrogen-bond acceptors (Lipinski definition) is 3. The maximum Gasteiger partial charge on any atom is 0.314 e. The first-order valence-corrected chi connectivity index (χ1v) is 8.19. The van der Waals surface area contributed by atoms with Gasteiger partial charge in [-0.3, -0.25) is 9.59 Å². The molecule has 0 aromatic heterocycles. The Hall–Kier alpha value is -2.02. The van der Waals surface area contributed by atoms with E-state index in [0.29, 0.717) is 13.2 Å². The molecule has 1 saturated heterocycles. The summed E-state index contributed by atoms with van der Waals surface area (Å²) in [6.45, 7) is 5.11. The van der Waals surface area contributed by atoms with Crippen LogP contribution >= 0.6 is 0 Å². The summed E-state index contributed by atoms with van der Waals surface area (Å²) in [5.41, 5.74) is -0.0494. The quantitative estimate of drug-likeness (QED) is 0.790. The highest BCUT2D eigenvalue weighted by Gasteiger charge is 2.35. The van der Waals surface area contributed by atoms with Gasteiger partial charge in [0.25, 0.3) is 5.91 Å². The maximum absolute atomic E-state index is 13.6. The number of benzene rings is 1. The third-order valence-electron chi connectivity index (χ3n) is 4.37. The van der Waals surface area contributed by atoms with Crippen molar-refractivity contribution < 1.29 is 28.0 Å². The van der Waals surface area contributed by atoms with Gasteiger partial charge in [-0.15, -0.1) is 0 Å². The largest absolute Gasteiger partial charge is 0.466 e. The minimum atomic E-state index is -0.811. The molecule has 0 radical (unpaired) electrons. The molecule has 0 bridgehead atoms. The molecule has 1 heterocycles. The molecule has 0 saturated carbocycles. The van der Waals surface area contributed by atoms with Crippen LogP contribution in [0.3, 0.4) is 0 Å². The van der Waals surface area contributed by atoms with E-state index in [1.54, 1.807) is 13.8 Å². The number of piperidine rings is 1. The van der Waals surface area contributed by atoms with E-state index in [2.05, 4.69) is 5.32 Å². The highest BCUT2D eigenvalue weighted by Crippen LogP contribution is 2.15. The summed E-state index contributed by atoms with van der Waals surface area (Å²) in [5, 5.41) is 2.49. The van der Waals surface area contributed by atoms with Crippen LogP contribution in [0.15, 0.2) is 18.2 Å². The summed E-state index contributed by atoms with van der Waals surface area (Å²) in [7, 11) is 0. The number of ether oxygens (including phenoxy) is 1. The van der Waals surface area contributed by atoms with E-state index < -0.39 is 17.7 Å². The van der Waals surface area contributed by atoms with Gasteiger partial charge >= 0.3 is 5.97 Å². The molecule has 2 N–H and O–H groups in total. The lowest BCUT2D eigenvalue weighted by atomic mass is 9.97. The summed E-state index contributed by atoms with van der Waals surface area (Å²) >= 11 is 0. The van der Waals surface area contributed by atoms with Crippen LogP contribution in [0.25, 0.3) is 0 Å². The van der Waals surface area contributed by atoms with E-state index in [9.17, 15) is 18.4 Å². The number of halogens is 2. The van der Waals surface area contributed by atoms with E-state index in [0.717, 1.165) is 36.4 Å². The second-order valence-electron chi connectivity index (χ2n) is 6.04. The van der Waals surface area contributed by atoms with Gasteiger partial charge in [-0.2, -0.15) is 0 Å². The van der Waals surface area contributed by atoms with Gasteiger partial charge in [0.2, 0.25) is 0 Å². The summed E-state index contributed by atoms with van der Waals surface area (Å²) in [5.74, 6) is -2.32. The molecule has 1 amide bonds. The second kappa shape index (κ2) is 8.19. The highest BCUT2D eigenvalue weighted by atomic mass is 19.1. The Morgan fingerprint density at radius 3 is 2.83 bits per heavy atom. The van der Waals surface area contributed by atoms with Crippen LogP contribution in [0.1, 0.15) is 26.7 Å². The Bertz CT molecular complexity index is 609. The van der Waals surface area contributed by atoms with Crippen LogP contribution in [0.5, 0.6) is 0 Å². The van der Waals surface area contributed by atoms with Crippen molar-refractivity contribution in [3.05, 3.63) is 29.8 Å². The molecular formula is C17H23F2N2O3+. The van der Waals surface area contributed by atoms with Gasteiger partial charge in [0.05, 0.1) is 25.4 Å². The van der Waals surface area contributed by atoms with Crippen molar-refractivity contribution in [2.75, 3.05) is 25.0 Å². The zero-order chi connectivity index (χ0) is 17.7. The number of amides is 1. The molecule has 3 atom stereocenters. The third kappa shape index (κ3) is 4.50. The van der Waals surface area contributed by atoms with Gasteiger partial charge in [0.1, 0.15) is 17.6 Å². The highest BCUT2D eigenvalue weighted by molar-refractivity contribution is 5.93. The topological polar surface area (TPSA) is 59.8 Å². The standard InChI is InChI=1S/C17H22F2N2O3/c1-3-24-17(23)12-5-4-8-21(10-12)11(2)16(22)20-15-7-6-13(18)9-14(15)19/h6-7,9,11-12H,3-5,8,10H2,1-2H3,(H,20,22)/p+1/t11-,12-/m0/s1. The first kappa shape index (κ1) is 18.3. The van der Waals surface area contributed by atoms with Crippen molar-refractivity contribution in [3.63, 3.8) is 0 Å². The SMILES string of the molecule is CCOC(=O)[C@H]1CCC[NH+]([C@@H](C)C(=O)Nc2ccc(F)cc2F)C1. The van der Waals surface area contributed by atoms with Crippen molar-refractivity contribution in [2.45, 2.75) is 32.7 Å². The second-order valence-corrected chi connectivity index (χ2v) is 6.04. The van der Waals surface area contributed by atoms with Crippen molar-refractivity contribution in [1.29, 1.82) is 0 Å². The Balaban J connectivity index is 1.98. The molecule has 1 unspecified atom stereocenters. The molecule has 132 valence electrons. The van der Waals surface area contributed by atoms with Gasteiger partial charge in [-0.05, 0) is 38.8 Å². The number of carbonyl (C=O) groups excluding carboxylic acids is 2. The van der Waals surface area contributed by atoms with Crippen LogP contribution in [0.2, 0.25) is 0 Å². The number of likely N-dealkylation sites (tertiary alicyclic amines) is 1. The van der Waals surface area contributed by atoms with E-state index in [1.165, 1.54) is 6.07 Å². The summed E-state index contributed by atoms with van der Waals surface area (Å²) < 4.78 is 31.6. The lowest BCUT2D eigenvalue weighted by molar-refractivity contribution is -0.921. The number of nitrogens with one attached hydrogen (secondary N) is 2. The van der Waals surface area contributed by atoms with Gasteiger partial charge < -0.3 is 15.0 Å². The average Bonchev–Trinajstić information content (AvgIpc) is 2.57. The zero-order valence-corrected chi connectivity index (χ0v) is 13.9. The molecule has 24 heavy (non-hydrogen) atoms. The van der Waals surface area contributed by atoms with E-state index in [1.807, 2.05) is 0 Å². The van der Waals surface area contributed by atoms with Crippen molar-refractivity contribution >= 4 is 17.6 Å². The van der Waals surface area contributed by atoms with Gasteiger partial charge in [-0.1, -0.05) is 0 Å². The Kier molecular flexibility index (Phi) is 6.25. The minimum absolute atomic E-state index is 0.0494. The molecule has 5 nitrogen and oxygen atoms in total. The monoisotopic (exact) mass is 341 g/mol. The molecule has 1 aromatic rings. The number of rotatable bonds is 5. The van der Waals surface area contributed by atoms with Crippen LogP contribution in [-0.4, -0.2) is 37.6 Å². The molecule has 1 aliphatic rings. The molecular weight excluding hydrogens is 318 g/mol. The summed E-state index contributed by atoms with van der Waals surface area (Å²) in [6.07, 6.45) is 1.57. The van der Waals surface area contributed by atoms with Crippen molar-refractivity contribution in [3.8, 4) is 0 Å². The Morgan fingerprint density at radius 1 is 1.42 bits per heavy atom. The predicted octanol–water partition coefficient (Wildman–Crippen LogP) is 1.15. The van der Waals surface area contributed by atoms with Crippen LogP contribution in [0, 0.1) is 17.6 Å². The number of carbonyl (C=O) groups is 2. The fourth-order valence-electron chi connectivity index (χ4n) is 2.97. The molecule has 0 spiro atoms. The van der Waals surface area contributed by atoms with Crippen molar-refractivity contribution in [1.82, 2.24) is 0 Å². The molecule has 0 aliphatic carbocycles. The molecule has 1 aromatic carbocycles. The van der Waals surface area contributed by atoms with Gasteiger partial charge in [-0.25, -0.2) is 8.78 Å². The average molecular weight is 341 g/mol. The minimum Gasteiger partial charge on any atom is -0.466 e. The molecule has 2 rings (SSSR count). The first-order valence-electron chi connectivity index (χ1n) is 8.19. The number of hydrogen-bond donors (Lipinski definition) is 2. The fourth-order valence-corrected chi connectivity index (χ4v) is 2.97. The van der Waals surface area contributed by atoms with Crippen LogP contribution in [0.4, 0.5) is 14.5 Å². The normalized spacial score (nSPS) is 21.8.